The van der Waals surface area contributed by atoms with Crippen LogP contribution in [-0.4, -0.2) is 102 Å². The molecule has 0 radical (unpaired) electrons. The van der Waals surface area contributed by atoms with E-state index in [-0.39, 0.29) is 83.1 Å². The third-order valence-corrected chi connectivity index (χ3v) is 5.38. The molecular formula is C23H42F2N6O7. The number of halogens is 2. The van der Waals surface area contributed by atoms with Gasteiger partial charge in [-0.25, -0.2) is 18.9 Å². The Morgan fingerprint density at radius 1 is 0.737 bits per heavy atom. The van der Waals surface area contributed by atoms with E-state index in [1.165, 1.54) is 0 Å². The van der Waals surface area contributed by atoms with Gasteiger partial charge in [-0.15, -0.1) is 0 Å². The van der Waals surface area contributed by atoms with E-state index < -0.39 is 30.1 Å². The zero-order valence-electron chi connectivity index (χ0n) is 21.9. The largest absolute Gasteiger partial charge is 0.356 e. The summed E-state index contributed by atoms with van der Waals surface area (Å²) in [5.41, 5.74) is 5.14. The van der Waals surface area contributed by atoms with Gasteiger partial charge in [0.25, 0.3) is 0 Å². The van der Waals surface area contributed by atoms with Crippen molar-refractivity contribution in [2.24, 2.45) is 5.73 Å². The number of hydrogen-bond donors (Lipinski definition) is 6. The van der Waals surface area contributed by atoms with Crippen molar-refractivity contribution in [1.82, 2.24) is 26.1 Å². The third kappa shape index (κ3) is 19.2. The summed E-state index contributed by atoms with van der Waals surface area (Å²) in [5, 5.41) is 27.3. The van der Waals surface area contributed by atoms with Gasteiger partial charge in [-0.1, -0.05) is 0 Å². The van der Waals surface area contributed by atoms with Gasteiger partial charge in [0.1, 0.15) is 12.3 Å². The van der Waals surface area contributed by atoms with Gasteiger partial charge in [-0.3, -0.25) is 34.4 Å². The van der Waals surface area contributed by atoms with Crippen molar-refractivity contribution < 1.29 is 43.2 Å². The Kier molecular flexibility index (Phi) is 19.5. The molecule has 2 unspecified atom stereocenters. The second kappa shape index (κ2) is 21.1. The van der Waals surface area contributed by atoms with Crippen LogP contribution in [-0.2, 0) is 24.0 Å². The second-order valence-electron chi connectivity index (χ2n) is 8.73. The fraction of sp³-hybridized carbons (Fsp3) is 0.783. The lowest BCUT2D eigenvalue weighted by Gasteiger charge is -2.16. The summed E-state index contributed by atoms with van der Waals surface area (Å²) in [6, 6.07) is 0. The van der Waals surface area contributed by atoms with Crippen molar-refractivity contribution in [2.75, 3.05) is 39.3 Å². The number of carbonyl (C=O) groups is 5. The van der Waals surface area contributed by atoms with Gasteiger partial charge in [-0.2, -0.15) is 0 Å². The van der Waals surface area contributed by atoms with Gasteiger partial charge < -0.3 is 21.7 Å². The molecule has 7 N–H and O–H groups in total. The van der Waals surface area contributed by atoms with E-state index in [1.807, 2.05) is 0 Å². The predicted molar refractivity (Wildman–Crippen MR) is 132 cm³/mol. The summed E-state index contributed by atoms with van der Waals surface area (Å²) in [7, 11) is 0. The van der Waals surface area contributed by atoms with Crippen LogP contribution in [0.3, 0.4) is 0 Å². The van der Waals surface area contributed by atoms with Crippen LogP contribution in [0.1, 0.15) is 64.7 Å². The highest BCUT2D eigenvalue weighted by molar-refractivity contribution is 5.84. The molecule has 0 aliphatic carbocycles. The van der Waals surface area contributed by atoms with Crippen molar-refractivity contribution in [3.63, 3.8) is 0 Å². The quantitative estimate of drug-likeness (QED) is 0.0647. The zero-order chi connectivity index (χ0) is 28.9. The molecule has 0 fully saturated rings. The highest BCUT2D eigenvalue weighted by atomic mass is 19.1. The molecule has 5 amide bonds. The topological polar surface area (TPSA) is 194 Å². The third-order valence-electron chi connectivity index (χ3n) is 5.38. The summed E-state index contributed by atoms with van der Waals surface area (Å²) < 4.78 is 26.7. The number of alkyl halides is 2. The molecule has 0 saturated heterocycles. The maximum absolute atomic E-state index is 13.7. The van der Waals surface area contributed by atoms with Gasteiger partial charge in [0, 0.05) is 71.8 Å². The van der Waals surface area contributed by atoms with Crippen LogP contribution in [0.15, 0.2) is 0 Å². The predicted octanol–water partition coefficient (Wildman–Crippen LogP) is -0.0637. The van der Waals surface area contributed by atoms with E-state index >= 15 is 0 Å². The van der Waals surface area contributed by atoms with E-state index in [0.717, 1.165) is 6.92 Å². The van der Waals surface area contributed by atoms with Crippen LogP contribution < -0.4 is 21.7 Å². The Morgan fingerprint density at radius 2 is 1.32 bits per heavy atom. The van der Waals surface area contributed by atoms with Crippen molar-refractivity contribution in [1.29, 1.82) is 0 Å². The summed E-state index contributed by atoms with van der Waals surface area (Å²) in [6.45, 7) is 1.04. The molecule has 0 aliphatic heterocycles. The number of hydroxylamine groups is 4. The van der Waals surface area contributed by atoms with E-state index in [9.17, 15) is 43.2 Å². The van der Waals surface area contributed by atoms with Crippen LogP contribution in [0, 0.1) is 0 Å². The molecule has 220 valence electrons. The normalized spacial score (nSPS) is 12.3. The molecule has 0 aromatic carbocycles. The van der Waals surface area contributed by atoms with Gasteiger partial charge in [-0.05, 0) is 25.7 Å². The van der Waals surface area contributed by atoms with E-state index in [1.54, 1.807) is 0 Å². The Morgan fingerprint density at radius 3 is 1.92 bits per heavy atom. The lowest BCUT2D eigenvalue weighted by molar-refractivity contribution is -0.166. The smallest absolute Gasteiger partial charge is 0.246 e. The van der Waals surface area contributed by atoms with E-state index in [0.29, 0.717) is 35.9 Å². The summed E-state index contributed by atoms with van der Waals surface area (Å²) in [4.78, 5) is 57.9. The first-order valence-electron chi connectivity index (χ1n) is 12.7. The SMILES string of the molecule is CC(=O)N(O)CCC(F)CNC(=O)CCC(=O)N(O)CCCCCNC(=O)CCC(=O)NCCC(F)CN. The fourth-order valence-corrected chi connectivity index (χ4v) is 2.99. The molecule has 0 heterocycles. The molecule has 0 aliphatic rings. The molecule has 15 heteroatoms. The van der Waals surface area contributed by atoms with E-state index in [2.05, 4.69) is 16.0 Å². The molecule has 0 saturated carbocycles. The zero-order valence-corrected chi connectivity index (χ0v) is 21.9. The van der Waals surface area contributed by atoms with Crippen molar-refractivity contribution in [3.05, 3.63) is 0 Å². The van der Waals surface area contributed by atoms with Gasteiger partial charge >= 0.3 is 0 Å². The average molecular weight is 553 g/mol. The number of unbranched alkanes of at least 4 members (excludes halogenated alkanes) is 2. The minimum absolute atomic E-state index is 0.00138. The summed E-state index contributed by atoms with van der Waals surface area (Å²) in [6.07, 6.45) is -1.57. The molecule has 0 rings (SSSR count). The Labute approximate surface area is 221 Å². The Hall–Kier alpha value is -2.91. The number of nitrogens with two attached hydrogens (primary N) is 1. The van der Waals surface area contributed by atoms with E-state index in [4.69, 9.17) is 5.73 Å². The molecule has 0 aromatic rings. The number of rotatable bonds is 21. The van der Waals surface area contributed by atoms with Crippen LogP contribution in [0.25, 0.3) is 0 Å². The number of amides is 5. The van der Waals surface area contributed by atoms with Crippen LogP contribution in [0.2, 0.25) is 0 Å². The lowest BCUT2D eigenvalue weighted by atomic mass is 10.2. The van der Waals surface area contributed by atoms with Crippen LogP contribution >= 0.6 is 0 Å². The van der Waals surface area contributed by atoms with Gasteiger partial charge in [0.2, 0.25) is 29.5 Å². The number of nitrogens with zero attached hydrogens (tertiary/aromatic N) is 2. The standard InChI is InChI=1S/C23H42F2N6O7/c1-17(32)30(37)14-10-19(25)16-29-22(35)7-8-23(36)31(38)13-4-2-3-11-27-20(33)5-6-21(34)28-12-9-18(24)15-26/h18-19,37-38H,2-16,26H2,1H3,(H,27,33)(H,28,34)(H,29,35). The van der Waals surface area contributed by atoms with Gasteiger partial charge in [0.05, 0.1) is 6.54 Å². The molecular weight excluding hydrogens is 510 g/mol. The molecule has 0 bridgehead atoms. The van der Waals surface area contributed by atoms with Crippen molar-refractivity contribution in [2.45, 2.75) is 77.1 Å². The van der Waals surface area contributed by atoms with Crippen LogP contribution in [0.5, 0.6) is 0 Å². The molecule has 0 aromatic heterocycles. The first kappa shape index (κ1) is 35.1. The maximum Gasteiger partial charge on any atom is 0.246 e. The number of nitrogens with one attached hydrogen (secondary N) is 3. The summed E-state index contributed by atoms with van der Waals surface area (Å²) >= 11 is 0. The van der Waals surface area contributed by atoms with Crippen molar-refractivity contribution >= 4 is 29.5 Å². The fourth-order valence-electron chi connectivity index (χ4n) is 2.99. The molecule has 0 spiro atoms. The van der Waals surface area contributed by atoms with Crippen LogP contribution in [0.4, 0.5) is 8.78 Å². The monoisotopic (exact) mass is 552 g/mol. The molecule has 13 nitrogen and oxygen atoms in total. The Balaban J connectivity index is 3.81. The minimum atomic E-state index is -1.48. The van der Waals surface area contributed by atoms with Gasteiger partial charge in [0.15, 0.2) is 0 Å². The number of carbonyl (C=O) groups excluding carboxylic acids is 5. The highest BCUT2D eigenvalue weighted by Gasteiger charge is 2.15. The minimum Gasteiger partial charge on any atom is -0.356 e. The Bertz CT molecular complexity index is 747. The maximum atomic E-state index is 13.7. The van der Waals surface area contributed by atoms with Crippen molar-refractivity contribution in [3.8, 4) is 0 Å². The number of hydrogen-bond acceptors (Lipinski definition) is 8. The lowest BCUT2D eigenvalue weighted by Crippen LogP contribution is -2.34. The molecule has 38 heavy (non-hydrogen) atoms. The highest BCUT2D eigenvalue weighted by Crippen LogP contribution is 2.03. The second-order valence-corrected chi connectivity index (χ2v) is 8.73. The first-order chi connectivity index (χ1) is 18.0. The summed E-state index contributed by atoms with van der Waals surface area (Å²) in [5.74, 6) is -2.50. The molecule has 2 atom stereocenters. The average Bonchev–Trinajstić information content (AvgIpc) is 2.89. The first-order valence-corrected chi connectivity index (χ1v) is 12.7.